The molecule has 7 nitrogen and oxygen atoms in total. The minimum absolute atomic E-state index is 0.00584. The summed E-state index contributed by atoms with van der Waals surface area (Å²) in [6.45, 7) is 1.49. The van der Waals surface area contributed by atoms with Crippen LogP contribution in [0.2, 0.25) is 5.02 Å². The molecule has 0 aliphatic carbocycles. The van der Waals surface area contributed by atoms with Gasteiger partial charge in [-0.2, -0.15) is 4.31 Å². The first-order valence-corrected chi connectivity index (χ1v) is 8.01. The zero-order valence-electron chi connectivity index (χ0n) is 11.3. The summed E-state index contributed by atoms with van der Waals surface area (Å²) in [7, 11) is -4.08. The van der Waals surface area contributed by atoms with Gasteiger partial charge in [0, 0.05) is 18.7 Å². The smallest absolute Gasteiger partial charge is 0.245 e. The van der Waals surface area contributed by atoms with Crippen LogP contribution in [0, 0.1) is 6.92 Å². The molecule has 1 saturated heterocycles. The van der Waals surface area contributed by atoms with E-state index in [0.29, 0.717) is 5.56 Å². The van der Waals surface area contributed by atoms with E-state index in [9.17, 15) is 18.3 Å². The number of amides is 1. The first-order valence-electron chi connectivity index (χ1n) is 6.19. The standard InChI is InChI=1S/C12H16ClN3O4S/c1-6-2-8(13)11(4-9(6)14)21(19,20)16-5-7(17)3-10(16)12(15)18/h2,4,7,10,17H,3,5,14H2,1H3,(H2,15,18). The molecule has 2 unspecified atom stereocenters. The predicted octanol–water partition coefficient (Wildman–Crippen LogP) is -0.160. The molecule has 0 aromatic heterocycles. The van der Waals surface area contributed by atoms with Gasteiger partial charge < -0.3 is 16.6 Å². The summed E-state index contributed by atoms with van der Waals surface area (Å²) in [5.74, 6) is -0.814. The largest absolute Gasteiger partial charge is 0.398 e. The predicted molar refractivity (Wildman–Crippen MR) is 78.1 cm³/mol. The average Bonchev–Trinajstić information content (AvgIpc) is 2.76. The molecule has 2 atom stereocenters. The number of sulfonamides is 1. The third-order valence-corrected chi connectivity index (χ3v) is 5.81. The van der Waals surface area contributed by atoms with Crippen molar-refractivity contribution >= 4 is 33.2 Å². The van der Waals surface area contributed by atoms with Crippen LogP contribution in [-0.2, 0) is 14.8 Å². The van der Waals surface area contributed by atoms with Gasteiger partial charge in [0.2, 0.25) is 15.9 Å². The van der Waals surface area contributed by atoms with Crippen LogP contribution in [0.1, 0.15) is 12.0 Å². The van der Waals surface area contributed by atoms with Crippen molar-refractivity contribution in [3.05, 3.63) is 22.7 Å². The lowest BCUT2D eigenvalue weighted by atomic mass is 10.2. The number of β-amino-alcohol motifs (C(OH)–C–C–N with tert-alkyl or cyclic N) is 1. The van der Waals surface area contributed by atoms with Gasteiger partial charge in [0.05, 0.1) is 11.1 Å². The number of primary amides is 1. The Bertz CT molecular complexity index is 692. The molecular weight excluding hydrogens is 318 g/mol. The van der Waals surface area contributed by atoms with E-state index in [2.05, 4.69) is 0 Å². The first kappa shape index (κ1) is 16.0. The van der Waals surface area contributed by atoms with E-state index in [0.717, 1.165) is 4.31 Å². The first-order chi connectivity index (χ1) is 9.64. The van der Waals surface area contributed by atoms with E-state index in [4.69, 9.17) is 23.1 Å². The van der Waals surface area contributed by atoms with E-state index in [1.54, 1.807) is 6.92 Å². The number of aryl methyl sites for hydroxylation is 1. The Morgan fingerprint density at radius 3 is 2.67 bits per heavy atom. The molecule has 0 bridgehead atoms. The van der Waals surface area contributed by atoms with Crippen molar-refractivity contribution in [1.29, 1.82) is 0 Å². The Labute approximate surface area is 127 Å². The Hall–Kier alpha value is -1.35. The number of anilines is 1. The second-order valence-electron chi connectivity index (χ2n) is 5.02. The number of nitrogen functional groups attached to an aromatic ring is 1. The van der Waals surface area contributed by atoms with Crippen LogP contribution in [-0.4, -0.2) is 42.4 Å². The molecule has 2 rings (SSSR count). The maximum absolute atomic E-state index is 12.6. The van der Waals surface area contributed by atoms with Gasteiger partial charge in [-0.1, -0.05) is 11.6 Å². The van der Waals surface area contributed by atoms with Gasteiger partial charge in [-0.15, -0.1) is 0 Å². The van der Waals surface area contributed by atoms with Crippen LogP contribution in [0.4, 0.5) is 5.69 Å². The number of carbonyl (C=O) groups excluding carboxylic acids is 1. The molecule has 0 radical (unpaired) electrons. The number of benzene rings is 1. The third-order valence-electron chi connectivity index (χ3n) is 3.47. The molecule has 1 aliphatic rings. The number of rotatable bonds is 3. The number of carbonyl (C=O) groups is 1. The summed E-state index contributed by atoms with van der Waals surface area (Å²) < 4.78 is 26.2. The number of nitrogens with zero attached hydrogens (tertiary/aromatic N) is 1. The lowest BCUT2D eigenvalue weighted by molar-refractivity contribution is -0.121. The van der Waals surface area contributed by atoms with Gasteiger partial charge in [-0.25, -0.2) is 8.42 Å². The normalized spacial score (nSPS) is 23.4. The number of hydrogen-bond donors (Lipinski definition) is 3. The SMILES string of the molecule is Cc1cc(Cl)c(S(=O)(=O)N2CC(O)CC2C(N)=O)cc1N. The fourth-order valence-corrected chi connectivity index (χ4v) is 4.54. The van der Waals surface area contributed by atoms with Gasteiger partial charge in [0.25, 0.3) is 0 Å². The molecule has 0 spiro atoms. The van der Waals surface area contributed by atoms with Gasteiger partial charge in [0.1, 0.15) is 10.9 Å². The summed E-state index contributed by atoms with van der Waals surface area (Å²) in [5.41, 5.74) is 11.8. The monoisotopic (exact) mass is 333 g/mol. The van der Waals surface area contributed by atoms with Crippen molar-refractivity contribution in [3.63, 3.8) is 0 Å². The summed E-state index contributed by atoms with van der Waals surface area (Å²) in [4.78, 5) is 11.2. The summed E-state index contributed by atoms with van der Waals surface area (Å²) in [6.07, 6.45) is -0.980. The van der Waals surface area contributed by atoms with Gasteiger partial charge >= 0.3 is 0 Å². The molecule has 1 aliphatic heterocycles. The van der Waals surface area contributed by atoms with Crippen LogP contribution in [0.15, 0.2) is 17.0 Å². The quantitative estimate of drug-likeness (QED) is 0.662. The fourth-order valence-electron chi connectivity index (χ4n) is 2.30. The maximum Gasteiger partial charge on any atom is 0.245 e. The highest BCUT2D eigenvalue weighted by Crippen LogP contribution is 2.32. The number of hydrogen-bond acceptors (Lipinski definition) is 5. The zero-order valence-corrected chi connectivity index (χ0v) is 12.9. The summed E-state index contributed by atoms with van der Waals surface area (Å²) in [6, 6.07) is 1.59. The molecule has 116 valence electrons. The molecular formula is C12H16ClN3O4S. The highest BCUT2D eigenvalue weighted by Gasteiger charge is 2.43. The Morgan fingerprint density at radius 2 is 2.10 bits per heavy atom. The number of aliphatic hydroxyl groups excluding tert-OH is 1. The molecule has 5 N–H and O–H groups in total. The van der Waals surface area contributed by atoms with Gasteiger partial charge in [-0.05, 0) is 24.6 Å². The lowest BCUT2D eigenvalue weighted by Gasteiger charge is -2.22. The highest BCUT2D eigenvalue weighted by molar-refractivity contribution is 7.89. The molecule has 1 aromatic rings. The Kier molecular flexibility index (Phi) is 4.16. The van der Waals surface area contributed by atoms with Crippen LogP contribution in [0.3, 0.4) is 0 Å². The van der Waals surface area contributed by atoms with Crippen LogP contribution >= 0.6 is 11.6 Å². The molecule has 1 heterocycles. The number of aliphatic hydroxyl groups is 1. The topological polar surface area (TPSA) is 127 Å². The highest BCUT2D eigenvalue weighted by atomic mass is 35.5. The second kappa shape index (κ2) is 5.45. The molecule has 1 fully saturated rings. The van der Waals surface area contributed by atoms with Crippen molar-refractivity contribution in [3.8, 4) is 0 Å². The molecule has 1 aromatic carbocycles. The van der Waals surface area contributed by atoms with Crippen molar-refractivity contribution in [2.24, 2.45) is 5.73 Å². The van der Waals surface area contributed by atoms with Gasteiger partial charge in [0.15, 0.2) is 0 Å². The minimum Gasteiger partial charge on any atom is -0.398 e. The van der Waals surface area contributed by atoms with E-state index in [-0.39, 0.29) is 28.6 Å². The van der Waals surface area contributed by atoms with Crippen LogP contribution in [0.5, 0.6) is 0 Å². The van der Waals surface area contributed by atoms with E-state index >= 15 is 0 Å². The van der Waals surface area contributed by atoms with E-state index in [1.165, 1.54) is 12.1 Å². The maximum atomic E-state index is 12.6. The Balaban J connectivity index is 2.52. The van der Waals surface area contributed by atoms with E-state index in [1.807, 2.05) is 0 Å². The Morgan fingerprint density at radius 1 is 1.48 bits per heavy atom. The minimum atomic E-state index is -4.08. The lowest BCUT2D eigenvalue weighted by Crippen LogP contribution is -2.43. The van der Waals surface area contributed by atoms with Crippen LogP contribution < -0.4 is 11.5 Å². The van der Waals surface area contributed by atoms with Crippen molar-refractivity contribution in [2.45, 2.75) is 30.4 Å². The average molecular weight is 334 g/mol. The molecule has 0 saturated carbocycles. The van der Waals surface area contributed by atoms with Crippen LogP contribution in [0.25, 0.3) is 0 Å². The van der Waals surface area contributed by atoms with Crippen molar-refractivity contribution in [2.75, 3.05) is 12.3 Å². The van der Waals surface area contributed by atoms with Crippen molar-refractivity contribution in [1.82, 2.24) is 4.31 Å². The molecule has 1 amide bonds. The summed E-state index contributed by atoms with van der Waals surface area (Å²) in [5, 5.41) is 9.63. The van der Waals surface area contributed by atoms with Crippen molar-refractivity contribution < 1.29 is 18.3 Å². The van der Waals surface area contributed by atoms with Gasteiger partial charge in [-0.3, -0.25) is 4.79 Å². The fraction of sp³-hybridized carbons (Fsp3) is 0.417. The molecule has 9 heteroatoms. The third kappa shape index (κ3) is 2.84. The summed E-state index contributed by atoms with van der Waals surface area (Å²) >= 11 is 5.99. The number of halogens is 1. The zero-order chi connectivity index (χ0) is 15.9. The van der Waals surface area contributed by atoms with E-state index < -0.39 is 28.1 Å². The number of nitrogens with two attached hydrogens (primary N) is 2. The second-order valence-corrected chi connectivity index (χ2v) is 7.29. The molecule has 21 heavy (non-hydrogen) atoms.